The Morgan fingerprint density at radius 1 is 0.909 bits per heavy atom. The summed E-state index contributed by atoms with van der Waals surface area (Å²) in [6, 6.07) is 7.94. The van der Waals surface area contributed by atoms with E-state index in [4.69, 9.17) is 5.11 Å². The lowest BCUT2D eigenvalue weighted by molar-refractivity contribution is 0.342. The molecule has 0 saturated heterocycles. The number of sulfonamides is 1. The van der Waals surface area contributed by atoms with Gasteiger partial charge in [-0.1, -0.05) is 30.3 Å². The van der Waals surface area contributed by atoms with Crippen LogP contribution in [0.4, 0.5) is 17.6 Å². The molecule has 0 amide bonds. The van der Waals surface area contributed by atoms with Gasteiger partial charge < -0.3 is 5.11 Å². The first-order valence-corrected chi connectivity index (χ1v) is 7.32. The van der Waals surface area contributed by atoms with E-state index in [1.54, 1.807) is 18.2 Å². The molecule has 0 fully saturated rings. The Balaban J connectivity index is 2.42. The minimum Gasteiger partial charge on any atom is -0.503 e. The minimum absolute atomic E-state index is 0.341. The van der Waals surface area contributed by atoms with Gasteiger partial charge in [-0.3, -0.25) is 0 Å². The Bertz CT molecular complexity index is 781. The lowest BCUT2D eigenvalue weighted by atomic mass is 10.2. The van der Waals surface area contributed by atoms with Crippen molar-refractivity contribution in [3.05, 3.63) is 59.2 Å². The van der Waals surface area contributed by atoms with Gasteiger partial charge in [-0.2, -0.15) is 8.78 Å². The Labute approximate surface area is 123 Å². The van der Waals surface area contributed by atoms with Crippen LogP contribution in [-0.4, -0.2) is 13.5 Å². The molecule has 0 bridgehead atoms. The highest BCUT2D eigenvalue weighted by Gasteiger charge is 2.33. The number of aromatic hydroxyl groups is 1. The van der Waals surface area contributed by atoms with Gasteiger partial charge in [-0.15, -0.1) is 0 Å². The van der Waals surface area contributed by atoms with Crippen LogP contribution in [0.1, 0.15) is 5.56 Å². The van der Waals surface area contributed by atoms with Gasteiger partial charge in [-0.25, -0.2) is 21.9 Å². The molecule has 118 valence electrons. The van der Waals surface area contributed by atoms with Gasteiger partial charge in [0.1, 0.15) is 0 Å². The average Bonchev–Trinajstić information content (AvgIpc) is 2.50. The number of rotatable bonds is 4. The normalized spacial score (nSPS) is 11.6. The second-order valence-corrected chi connectivity index (χ2v) is 5.95. The molecule has 9 heteroatoms. The summed E-state index contributed by atoms with van der Waals surface area (Å²) in [5.74, 6) is -10.7. The highest BCUT2D eigenvalue weighted by atomic mass is 32.2. The Hall–Kier alpha value is -2.13. The van der Waals surface area contributed by atoms with Crippen LogP contribution in [0.2, 0.25) is 0 Å². The van der Waals surface area contributed by atoms with E-state index in [0.717, 1.165) is 0 Å². The first kappa shape index (κ1) is 16.2. The van der Waals surface area contributed by atoms with Crippen LogP contribution in [0.3, 0.4) is 0 Å². The van der Waals surface area contributed by atoms with Crippen LogP contribution >= 0.6 is 0 Å². The second kappa shape index (κ2) is 5.93. The van der Waals surface area contributed by atoms with E-state index < -0.39 is 43.9 Å². The molecule has 0 aromatic heterocycles. The van der Waals surface area contributed by atoms with Crippen molar-refractivity contribution in [1.29, 1.82) is 0 Å². The fourth-order valence-corrected chi connectivity index (χ4v) is 2.83. The van der Waals surface area contributed by atoms with E-state index in [9.17, 15) is 26.0 Å². The molecular formula is C13H9F4NO3S. The van der Waals surface area contributed by atoms with Crippen LogP contribution < -0.4 is 4.72 Å². The lowest BCUT2D eigenvalue weighted by Crippen LogP contribution is -2.26. The predicted molar refractivity (Wildman–Crippen MR) is 68.4 cm³/mol. The summed E-state index contributed by atoms with van der Waals surface area (Å²) in [7, 11) is -4.87. The van der Waals surface area contributed by atoms with Gasteiger partial charge in [0.05, 0.1) is 0 Å². The topological polar surface area (TPSA) is 66.4 Å². The second-order valence-electron chi connectivity index (χ2n) is 4.24. The van der Waals surface area contributed by atoms with Gasteiger partial charge in [0.15, 0.2) is 22.3 Å². The number of phenols is 1. The third-order valence-corrected chi connectivity index (χ3v) is 4.20. The molecule has 0 heterocycles. The number of hydrogen-bond donors (Lipinski definition) is 2. The number of halogens is 4. The molecule has 0 aliphatic rings. The first-order chi connectivity index (χ1) is 10.3. The minimum atomic E-state index is -4.87. The van der Waals surface area contributed by atoms with E-state index in [0.29, 0.717) is 5.56 Å². The summed E-state index contributed by atoms with van der Waals surface area (Å²) in [5, 5.41) is 8.82. The fourth-order valence-electron chi connectivity index (χ4n) is 1.68. The smallest absolute Gasteiger partial charge is 0.246 e. The van der Waals surface area contributed by atoms with Gasteiger partial charge >= 0.3 is 0 Å². The summed E-state index contributed by atoms with van der Waals surface area (Å²) in [6.07, 6.45) is 0. The average molecular weight is 335 g/mol. The van der Waals surface area contributed by atoms with Gasteiger partial charge in [-0.05, 0) is 5.56 Å². The quantitative estimate of drug-likeness (QED) is 0.666. The molecule has 0 aliphatic carbocycles. The zero-order valence-corrected chi connectivity index (χ0v) is 11.6. The number of hydrogen-bond acceptors (Lipinski definition) is 3. The summed E-state index contributed by atoms with van der Waals surface area (Å²) in [4.78, 5) is -1.82. The van der Waals surface area contributed by atoms with Gasteiger partial charge in [0, 0.05) is 6.54 Å². The molecule has 0 saturated carbocycles. The molecule has 0 atom stereocenters. The van der Waals surface area contributed by atoms with Gasteiger partial charge in [0.2, 0.25) is 21.7 Å². The standard InChI is InChI=1S/C13H9F4NO3S/c14-8-10(16)13(11(17)9(15)12(8)19)22(20,21)18-6-7-4-2-1-3-5-7/h1-5,18-19H,6H2. The van der Waals surface area contributed by atoms with Crippen molar-refractivity contribution in [3.8, 4) is 5.75 Å². The predicted octanol–water partition coefficient (Wildman–Crippen LogP) is 2.43. The van der Waals surface area contributed by atoms with Crippen LogP contribution in [0.25, 0.3) is 0 Å². The van der Waals surface area contributed by atoms with E-state index in [1.165, 1.54) is 12.1 Å². The molecule has 0 aliphatic heterocycles. The number of benzene rings is 2. The van der Waals surface area contributed by atoms with E-state index in [1.807, 2.05) is 4.72 Å². The third-order valence-electron chi connectivity index (χ3n) is 2.78. The molecule has 2 aromatic carbocycles. The van der Waals surface area contributed by atoms with Crippen molar-refractivity contribution in [2.45, 2.75) is 11.4 Å². The molecule has 2 aromatic rings. The molecule has 4 nitrogen and oxygen atoms in total. The molecule has 0 radical (unpaired) electrons. The highest BCUT2D eigenvalue weighted by molar-refractivity contribution is 7.89. The van der Waals surface area contributed by atoms with Crippen molar-refractivity contribution < 1.29 is 31.1 Å². The molecule has 22 heavy (non-hydrogen) atoms. The fraction of sp³-hybridized carbons (Fsp3) is 0.0769. The Kier molecular flexibility index (Phi) is 4.38. The molecule has 0 unspecified atom stereocenters. The summed E-state index contributed by atoms with van der Waals surface area (Å²) in [5.41, 5.74) is 0.464. The number of phenolic OH excluding ortho intramolecular Hbond substituents is 1. The van der Waals surface area contributed by atoms with Gasteiger partial charge in [0.25, 0.3) is 0 Å². The highest BCUT2D eigenvalue weighted by Crippen LogP contribution is 2.31. The maximum atomic E-state index is 13.6. The van der Waals surface area contributed by atoms with Crippen molar-refractivity contribution >= 4 is 10.0 Å². The zero-order valence-electron chi connectivity index (χ0n) is 10.8. The van der Waals surface area contributed by atoms with Crippen LogP contribution in [-0.2, 0) is 16.6 Å². The number of nitrogens with one attached hydrogen (secondary N) is 1. The SMILES string of the molecule is O=S(=O)(NCc1ccccc1)c1c(F)c(F)c(O)c(F)c1F. The maximum absolute atomic E-state index is 13.6. The van der Waals surface area contributed by atoms with Crippen LogP contribution in [0, 0.1) is 23.3 Å². The summed E-state index contributed by atoms with van der Waals surface area (Å²) in [6.45, 7) is -0.341. The Morgan fingerprint density at radius 3 is 1.91 bits per heavy atom. The summed E-state index contributed by atoms with van der Waals surface area (Å²) < 4.78 is 79.1. The van der Waals surface area contributed by atoms with Crippen LogP contribution in [0.5, 0.6) is 5.75 Å². The van der Waals surface area contributed by atoms with E-state index >= 15 is 0 Å². The lowest BCUT2D eigenvalue weighted by Gasteiger charge is -2.11. The Morgan fingerprint density at radius 2 is 1.41 bits per heavy atom. The monoisotopic (exact) mass is 335 g/mol. The van der Waals surface area contributed by atoms with Crippen LogP contribution in [0.15, 0.2) is 35.2 Å². The zero-order chi connectivity index (χ0) is 16.5. The van der Waals surface area contributed by atoms with E-state index in [-0.39, 0.29) is 6.54 Å². The summed E-state index contributed by atoms with van der Waals surface area (Å²) >= 11 is 0. The molecular weight excluding hydrogens is 326 g/mol. The van der Waals surface area contributed by atoms with Crippen molar-refractivity contribution in [2.24, 2.45) is 0 Å². The van der Waals surface area contributed by atoms with Crippen molar-refractivity contribution in [1.82, 2.24) is 4.72 Å². The maximum Gasteiger partial charge on any atom is 0.246 e. The largest absolute Gasteiger partial charge is 0.503 e. The first-order valence-electron chi connectivity index (χ1n) is 5.84. The van der Waals surface area contributed by atoms with Crippen molar-refractivity contribution in [3.63, 3.8) is 0 Å². The van der Waals surface area contributed by atoms with Crippen molar-refractivity contribution in [2.75, 3.05) is 0 Å². The third kappa shape index (κ3) is 2.90. The molecule has 2 rings (SSSR count). The molecule has 2 N–H and O–H groups in total. The van der Waals surface area contributed by atoms with E-state index in [2.05, 4.69) is 0 Å². The molecule has 0 spiro atoms.